The minimum Gasteiger partial charge on any atom is -0.395 e. The third-order valence-corrected chi connectivity index (χ3v) is 7.83. The number of amides is 1. The summed E-state index contributed by atoms with van der Waals surface area (Å²) < 4.78 is 1.98. The number of thiocarbonyl (C=S) groups is 1. The number of aryl methyl sites for hydroxylation is 1. The maximum absolute atomic E-state index is 13.6. The Morgan fingerprint density at radius 2 is 1.83 bits per heavy atom. The van der Waals surface area contributed by atoms with Gasteiger partial charge in [-0.25, -0.2) is 4.98 Å². The van der Waals surface area contributed by atoms with Gasteiger partial charge >= 0.3 is 0 Å². The Balaban J connectivity index is 1.50. The van der Waals surface area contributed by atoms with Crippen LogP contribution in [0.25, 0.3) is 11.7 Å². The number of nitrogens with zero attached hydrogens (tertiary/aromatic N) is 5. The molecule has 0 unspecified atom stereocenters. The van der Waals surface area contributed by atoms with E-state index in [9.17, 15) is 14.7 Å². The Hall–Kier alpha value is -3.05. The number of fused-ring (bicyclic) bond motifs is 1. The fourth-order valence-electron chi connectivity index (χ4n) is 4.43. The predicted molar refractivity (Wildman–Crippen MR) is 147 cm³/mol. The largest absolute Gasteiger partial charge is 0.395 e. The summed E-state index contributed by atoms with van der Waals surface area (Å²) in [7, 11) is 0. The molecule has 0 aliphatic carbocycles. The lowest BCUT2D eigenvalue weighted by Crippen LogP contribution is -2.48. The summed E-state index contributed by atoms with van der Waals surface area (Å²) in [6, 6.07) is 13.4. The Morgan fingerprint density at radius 3 is 2.56 bits per heavy atom. The van der Waals surface area contributed by atoms with Gasteiger partial charge < -0.3 is 10.0 Å². The zero-order valence-corrected chi connectivity index (χ0v) is 21.6. The molecule has 8 nitrogen and oxygen atoms in total. The van der Waals surface area contributed by atoms with Gasteiger partial charge in [0.15, 0.2) is 0 Å². The van der Waals surface area contributed by atoms with Crippen LogP contribution in [-0.4, -0.2) is 73.8 Å². The average Bonchev–Trinajstić information content (AvgIpc) is 3.15. The third kappa shape index (κ3) is 4.94. The molecule has 0 saturated carbocycles. The van der Waals surface area contributed by atoms with E-state index in [0.29, 0.717) is 52.4 Å². The molecule has 0 bridgehead atoms. The van der Waals surface area contributed by atoms with Crippen LogP contribution in [0.4, 0.5) is 5.82 Å². The third-order valence-electron chi connectivity index (χ3n) is 6.45. The van der Waals surface area contributed by atoms with Gasteiger partial charge in [-0.3, -0.25) is 23.8 Å². The van der Waals surface area contributed by atoms with E-state index < -0.39 is 0 Å². The van der Waals surface area contributed by atoms with Crippen molar-refractivity contribution < 1.29 is 9.90 Å². The number of pyridine rings is 1. The second-order valence-corrected chi connectivity index (χ2v) is 10.6. The van der Waals surface area contributed by atoms with Crippen molar-refractivity contribution in [2.75, 3.05) is 44.2 Å². The number of benzene rings is 1. The highest BCUT2D eigenvalue weighted by Crippen LogP contribution is 2.34. The lowest BCUT2D eigenvalue weighted by atomic mass is 10.1. The predicted octanol–water partition coefficient (Wildman–Crippen LogP) is 2.52. The van der Waals surface area contributed by atoms with Crippen molar-refractivity contribution in [1.82, 2.24) is 19.2 Å². The molecule has 3 aromatic rings. The number of carbonyl (C=O) groups is 1. The second kappa shape index (κ2) is 10.5. The summed E-state index contributed by atoms with van der Waals surface area (Å²) in [5.41, 5.74) is 2.85. The number of aliphatic hydroxyl groups is 1. The quantitative estimate of drug-likeness (QED) is 0.392. The molecular weight excluding hydrogens is 494 g/mol. The molecule has 1 amide bonds. The Morgan fingerprint density at radius 1 is 1.08 bits per heavy atom. The SMILES string of the molecule is Cc1ccc(CN2C(=O)/C(=C\c3c(N4CCN(CCO)CC4)nc4ccccn4c3=O)SC2=S)cc1. The van der Waals surface area contributed by atoms with Gasteiger partial charge in [0.05, 0.1) is 23.6 Å². The normalized spacial score (nSPS) is 18.1. The number of hydrogen-bond acceptors (Lipinski definition) is 8. The molecule has 10 heteroatoms. The van der Waals surface area contributed by atoms with Gasteiger partial charge in [-0.15, -0.1) is 0 Å². The van der Waals surface area contributed by atoms with Gasteiger partial charge in [0.2, 0.25) is 0 Å². The van der Waals surface area contributed by atoms with Crippen LogP contribution in [0.3, 0.4) is 0 Å². The Bertz CT molecular complexity index is 1390. The van der Waals surface area contributed by atoms with Gasteiger partial charge in [-0.05, 0) is 30.7 Å². The molecule has 2 aliphatic rings. The molecule has 2 aromatic heterocycles. The standard InChI is InChI=1S/C26H27N5O3S2/c1-18-5-7-19(8-6-18)17-31-25(34)21(36-26(31)35)16-20-23(29-12-10-28(11-13-29)14-15-32)27-22-4-2-3-9-30(22)24(20)33/h2-9,16,32H,10-15,17H2,1H3/b21-16+. The van der Waals surface area contributed by atoms with Crippen LogP contribution in [0.1, 0.15) is 16.7 Å². The average molecular weight is 522 g/mol. The minimum atomic E-state index is -0.225. The van der Waals surface area contributed by atoms with E-state index in [2.05, 4.69) is 9.80 Å². The van der Waals surface area contributed by atoms with Gasteiger partial charge in [0.25, 0.3) is 11.5 Å². The van der Waals surface area contributed by atoms with Crippen molar-refractivity contribution >= 4 is 51.7 Å². The van der Waals surface area contributed by atoms with Crippen LogP contribution < -0.4 is 10.5 Å². The molecule has 36 heavy (non-hydrogen) atoms. The molecule has 4 heterocycles. The van der Waals surface area contributed by atoms with Crippen molar-refractivity contribution in [2.45, 2.75) is 13.5 Å². The summed E-state index contributed by atoms with van der Waals surface area (Å²) in [6.45, 7) is 6.00. The lowest BCUT2D eigenvalue weighted by Gasteiger charge is -2.35. The summed E-state index contributed by atoms with van der Waals surface area (Å²) in [4.78, 5) is 38.0. The van der Waals surface area contributed by atoms with Gasteiger partial charge in [-0.1, -0.05) is 59.9 Å². The summed E-state index contributed by atoms with van der Waals surface area (Å²) >= 11 is 6.75. The molecular formula is C26H27N5O3S2. The first-order valence-corrected chi connectivity index (χ1v) is 13.1. The van der Waals surface area contributed by atoms with E-state index in [1.54, 1.807) is 29.3 Å². The van der Waals surface area contributed by atoms with Crippen LogP contribution in [0, 0.1) is 6.92 Å². The fourth-order valence-corrected chi connectivity index (χ4v) is 5.66. The van der Waals surface area contributed by atoms with E-state index in [0.717, 1.165) is 24.2 Å². The number of β-amino-alcohol motifs (C(OH)–C–C–N with tert-alkyl or cyclic N) is 1. The molecule has 0 radical (unpaired) electrons. The highest BCUT2D eigenvalue weighted by molar-refractivity contribution is 8.26. The zero-order chi connectivity index (χ0) is 25.2. The monoisotopic (exact) mass is 521 g/mol. The molecule has 2 aliphatic heterocycles. The van der Waals surface area contributed by atoms with E-state index in [1.807, 2.05) is 37.3 Å². The van der Waals surface area contributed by atoms with Crippen molar-refractivity contribution in [2.24, 2.45) is 0 Å². The zero-order valence-electron chi connectivity index (χ0n) is 20.0. The second-order valence-electron chi connectivity index (χ2n) is 8.89. The smallest absolute Gasteiger partial charge is 0.267 e. The summed E-state index contributed by atoms with van der Waals surface area (Å²) in [5.74, 6) is 0.362. The van der Waals surface area contributed by atoms with Gasteiger partial charge in [-0.2, -0.15) is 0 Å². The van der Waals surface area contributed by atoms with Crippen molar-refractivity contribution in [3.63, 3.8) is 0 Å². The van der Waals surface area contributed by atoms with Gasteiger partial charge in [0.1, 0.15) is 15.8 Å². The first-order chi connectivity index (χ1) is 17.4. The summed E-state index contributed by atoms with van der Waals surface area (Å²) in [6.07, 6.45) is 3.34. The van der Waals surface area contributed by atoms with Crippen LogP contribution in [-0.2, 0) is 11.3 Å². The maximum Gasteiger partial charge on any atom is 0.267 e. The first-order valence-electron chi connectivity index (χ1n) is 11.8. The van der Waals surface area contributed by atoms with E-state index in [1.165, 1.54) is 16.2 Å². The highest BCUT2D eigenvalue weighted by Gasteiger charge is 2.33. The fraction of sp³-hybridized carbons (Fsp3) is 0.308. The molecule has 186 valence electrons. The number of rotatable bonds is 6. The number of aromatic nitrogens is 2. The Kier molecular flexibility index (Phi) is 7.20. The van der Waals surface area contributed by atoms with E-state index >= 15 is 0 Å². The number of piperazine rings is 1. The minimum absolute atomic E-state index is 0.116. The van der Waals surface area contributed by atoms with E-state index in [4.69, 9.17) is 17.2 Å². The topological polar surface area (TPSA) is 81.4 Å². The summed E-state index contributed by atoms with van der Waals surface area (Å²) in [5, 5.41) is 9.26. The number of anilines is 1. The molecule has 1 aromatic carbocycles. The lowest BCUT2D eigenvalue weighted by molar-refractivity contribution is -0.122. The van der Waals surface area contributed by atoms with Crippen molar-refractivity contribution in [3.05, 3.63) is 80.6 Å². The van der Waals surface area contributed by atoms with E-state index in [-0.39, 0.29) is 18.1 Å². The Labute approximate surface area is 218 Å². The number of aliphatic hydroxyl groups excluding tert-OH is 1. The van der Waals surface area contributed by atoms with Crippen LogP contribution in [0.5, 0.6) is 0 Å². The van der Waals surface area contributed by atoms with Crippen LogP contribution in [0.2, 0.25) is 0 Å². The van der Waals surface area contributed by atoms with Gasteiger partial charge in [0, 0.05) is 38.9 Å². The van der Waals surface area contributed by atoms with Crippen molar-refractivity contribution in [1.29, 1.82) is 0 Å². The molecule has 5 rings (SSSR count). The number of thioether (sulfide) groups is 1. The maximum atomic E-state index is 13.6. The van der Waals surface area contributed by atoms with Crippen LogP contribution >= 0.6 is 24.0 Å². The molecule has 2 fully saturated rings. The number of carbonyl (C=O) groups excluding carboxylic acids is 1. The highest BCUT2D eigenvalue weighted by atomic mass is 32.2. The number of hydrogen-bond donors (Lipinski definition) is 1. The van der Waals surface area contributed by atoms with Crippen molar-refractivity contribution in [3.8, 4) is 0 Å². The molecule has 0 spiro atoms. The first kappa shape index (κ1) is 24.6. The molecule has 1 N–H and O–H groups in total. The molecule has 2 saturated heterocycles. The molecule has 0 atom stereocenters. The van der Waals surface area contributed by atoms with Crippen LogP contribution in [0.15, 0.2) is 58.4 Å².